The lowest BCUT2D eigenvalue weighted by Gasteiger charge is -2.14. The van der Waals surface area contributed by atoms with Crippen LogP contribution in [0.2, 0.25) is 0 Å². The number of carbonyl (C=O) groups excluding carboxylic acids is 2. The summed E-state index contributed by atoms with van der Waals surface area (Å²) in [6, 6.07) is 17.1. The zero-order valence-corrected chi connectivity index (χ0v) is 15.2. The van der Waals surface area contributed by atoms with Crippen molar-refractivity contribution in [3.05, 3.63) is 65.7 Å². The first-order valence-electron chi connectivity index (χ1n) is 8.75. The largest absolute Gasteiger partial charge is 0.496 e. The first-order chi connectivity index (χ1) is 12.7. The van der Waals surface area contributed by atoms with Gasteiger partial charge in [0.2, 0.25) is 0 Å². The summed E-state index contributed by atoms with van der Waals surface area (Å²) < 4.78 is 10.5. The molecule has 1 amide bonds. The highest BCUT2D eigenvalue weighted by Gasteiger charge is 2.20. The zero-order valence-electron chi connectivity index (χ0n) is 15.2. The number of esters is 1. The van der Waals surface area contributed by atoms with E-state index in [-0.39, 0.29) is 24.4 Å². The maximum Gasteiger partial charge on any atom is 0.313 e. The molecule has 0 radical (unpaired) electrons. The Bertz CT molecular complexity index is 715. The van der Waals surface area contributed by atoms with Gasteiger partial charge >= 0.3 is 5.97 Å². The fraction of sp³-hybridized carbons (Fsp3) is 0.333. The van der Waals surface area contributed by atoms with Crippen LogP contribution in [0.5, 0.6) is 5.75 Å². The van der Waals surface area contributed by atoms with Crippen molar-refractivity contribution < 1.29 is 19.1 Å². The molecular weight excluding hydrogens is 330 g/mol. The van der Waals surface area contributed by atoms with E-state index in [0.29, 0.717) is 19.4 Å². The highest BCUT2D eigenvalue weighted by atomic mass is 16.5. The average molecular weight is 355 g/mol. The van der Waals surface area contributed by atoms with Crippen molar-refractivity contribution in [3.8, 4) is 5.75 Å². The average Bonchev–Trinajstić information content (AvgIpc) is 2.68. The van der Waals surface area contributed by atoms with Crippen molar-refractivity contribution in [1.82, 2.24) is 5.32 Å². The van der Waals surface area contributed by atoms with Crippen molar-refractivity contribution in [3.63, 3.8) is 0 Å². The van der Waals surface area contributed by atoms with Gasteiger partial charge < -0.3 is 14.8 Å². The van der Waals surface area contributed by atoms with E-state index < -0.39 is 0 Å². The number of ether oxygens (including phenoxy) is 2. The Kier molecular flexibility index (Phi) is 7.68. The van der Waals surface area contributed by atoms with Crippen LogP contribution in [-0.4, -0.2) is 32.1 Å². The molecule has 2 rings (SSSR count). The smallest absolute Gasteiger partial charge is 0.313 e. The van der Waals surface area contributed by atoms with E-state index in [2.05, 4.69) is 5.32 Å². The molecule has 1 atom stereocenters. The minimum atomic E-state index is -0.376. The lowest BCUT2D eigenvalue weighted by Crippen LogP contribution is -2.31. The summed E-state index contributed by atoms with van der Waals surface area (Å²) in [5, 5.41) is 2.76. The van der Waals surface area contributed by atoms with Crippen molar-refractivity contribution in [2.24, 2.45) is 0 Å². The van der Waals surface area contributed by atoms with Crippen LogP contribution >= 0.6 is 0 Å². The molecule has 0 aliphatic heterocycles. The van der Waals surface area contributed by atoms with Crippen LogP contribution in [0.3, 0.4) is 0 Å². The Morgan fingerprint density at radius 3 is 2.42 bits per heavy atom. The molecule has 138 valence electrons. The van der Waals surface area contributed by atoms with Gasteiger partial charge in [-0.05, 0) is 30.0 Å². The first kappa shape index (κ1) is 19.5. The summed E-state index contributed by atoms with van der Waals surface area (Å²) in [5.74, 6) is -0.242. The molecule has 5 heteroatoms. The standard InChI is InChI=1S/C21H25NO4/c1-3-18(16-9-5-4-6-10-16)21(24)26-15-20(23)22-14-13-17-11-7-8-12-19(17)25-2/h4-12,18H,3,13-15H2,1-2H3,(H,22,23)/t18-/m1/s1. The van der Waals surface area contributed by atoms with Gasteiger partial charge in [-0.1, -0.05) is 55.5 Å². The highest BCUT2D eigenvalue weighted by molar-refractivity contribution is 5.83. The van der Waals surface area contributed by atoms with Crippen LogP contribution in [0.4, 0.5) is 0 Å². The van der Waals surface area contributed by atoms with Gasteiger partial charge in [0.1, 0.15) is 5.75 Å². The van der Waals surface area contributed by atoms with Crippen molar-refractivity contribution in [1.29, 1.82) is 0 Å². The number of para-hydroxylation sites is 1. The first-order valence-corrected chi connectivity index (χ1v) is 8.75. The summed E-state index contributed by atoms with van der Waals surface area (Å²) in [4.78, 5) is 24.2. The van der Waals surface area contributed by atoms with Crippen molar-refractivity contribution in [2.75, 3.05) is 20.3 Å². The SMILES string of the molecule is CC[C@@H](C(=O)OCC(=O)NCCc1ccccc1OC)c1ccccc1. The van der Waals surface area contributed by atoms with E-state index in [1.807, 2.05) is 61.5 Å². The number of methoxy groups -OCH3 is 1. The predicted octanol–water partition coefficient (Wildman–Crippen LogP) is 3.09. The molecule has 1 N–H and O–H groups in total. The van der Waals surface area contributed by atoms with Gasteiger partial charge in [0.25, 0.3) is 5.91 Å². The fourth-order valence-corrected chi connectivity index (χ4v) is 2.76. The van der Waals surface area contributed by atoms with E-state index >= 15 is 0 Å². The van der Waals surface area contributed by atoms with Crippen LogP contribution in [0.25, 0.3) is 0 Å². The number of carbonyl (C=O) groups is 2. The Morgan fingerprint density at radius 2 is 1.73 bits per heavy atom. The van der Waals surface area contributed by atoms with Gasteiger partial charge in [0.05, 0.1) is 13.0 Å². The molecule has 0 saturated heterocycles. The van der Waals surface area contributed by atoms with E-state index in [1.54, 1.807) is 7.11 Å². The number of benzene rings is 2. The summed E-state index contributed by atoms with van der Waals surface area (Å²) in [6.45, 7) is 2.10. The van der Waals surface area contributed by atoms with Gasteiger partial charge in [0.15, 0.2) is 6.61 Å². The number of hydrogen-bond donors (Lipinski definition) is 1. The van der Waals surface area contributed by atoms with Crippen LogP contribution in [-0.2, 0) is 20.7 Å². The molecule has 5 nitrogen and oxygen atoms in total. The van der Waals surface area contributed by atoms with Crippen molar-refractivity contribution >= 4 is 11.9 Å². The molecule has 0 fully saturated rings. The second-order valence-corrected chi connectivity index (χ2v) is 5.89. The van der Waals surface area contributed by atoms with Crippen LogP contribution in [0.15, 0.2) is 54.6 Å². The minimum Gasteiger partial charge on any atom is -0.496 e. The third kappa shape index (κ3) is 5.62. The summed E-state index contributed by atoms with van der Waals surface area (Å²) in [5.41, 5.74) is 1.92. The van der Waals surface area contributed by atoms with Gasteiger partial charge in [0, 0.05) is 6.54 Å². The van der Waals surface area contributed by atoms with Gasteiger partial charge in [-0.2, -0.15) is 0 Å². The van der Waals surface area contributed by atoms with Gasteiger partial charge in [-0.15, -0.1) is 0 Å². The molecule has 0 aromatic heterocycles. The molecule has 2 aromatic carbocycles. The molecule has 2 aromatic rings. The molecule has 0 saturated carbocycles. The normalized spacial score (nSPS) is 11.5. The van der Waals surface area contributed by atoms with E-state index in [0.717, 1.165) is 16.9 Å². The maximum atomic E-state index is 12.2. The van der Waals surface area contributed by atoms with Gasteiger partial charge in [-0.25, -0.2) is 0 Å². The number of nitrogens with one attached hydrogen (secondary N) is 1. The fourth-order valence-electron chi connectivity index (χ4n) is 2.76. The minimum absolute atomic E-state index is 0.270. The molecule has 26 heavy (non-hydrogen) atoms. The molecule has 0 bridgehead atoms. The second-order valence-electron chi connectivity index (χ2n) is 5.89. The lowest BCUT2D eigenvalue weighted by atomic mass is 9.97. The lowest BCUT2D eigenvalue weighted by molar-refractivity contribution is -0.150. The number of rotatable bonds is 9. The second kappa shape index (κ2) is 10.2. The highest BCUT2D eigenvalue weighted by Crippen LogP contribution is 2.20. The summed E-state index contributed by atoms with van der Waals surface area (Å²) in [6.07, 6.45) is 1.27. The van der Waals surface area contributed by atoms with E-state index in [4.69, 9.17) is 9.47 Å². The third-order valence-corrected chi connectivity index (χ3v) is 4.15. The Labute approximate surface area is 154 Å². The molecule has 0 spiro atoms. The molecule has 0 aliphatic rings. The maximum absolute atomic E-state index is 12.2. The summed E-state index contributed by atoms with van der Waals surface area (Å²) in [7, 11) is 1.62. The van der Waals surface area contributed by atoms with E-state index in [1.165, 1.54) is 0 Å². The quantitative estimate of drug-likeness (QED) is 0.702. The van der Waals surface area contributed by atoms with Crippen LogP contribution in [0, 0.1) is 0 Å². The Hall–Kier alpha value is -2.82. The van der Waals surface area contributed by atoms with Crippen molar-refractivity contribution in [2.45, 2.75) is 25.7 Å². The number of amides is 1. The van der Waals surface area contributed by atoms with E-state index in [9.17, 15) is 9.59 Å². The molecule has 0 aliphatic carbocycles. The number of hydrogen-bond acceptors (Lipinski definition) is 4. The third-order valence-electron chi connectivity index (χ3n) is 4.15. The van der Waals surface area contributed by atoms with Gasteiger partial charge in [-0.3, -0.25) is 9.59 Å². The predicted molar refractivity (Wildman–Crippen MR) is 100 cm³/mol. The molecular formula is C21H25NO4. The molecule has 0 unspecified atom stereocenters. The summed E-state index contributed by atoms with van der Waals surface area (Å²) >= 11 is 0. The monoisotopic (exact) mass is 355 g/mol. The Balaban J connectivity index is 1.76. The topological polar surface area (TPSA) is 64.6 Å². The molecule has 0 heterocycles. The zero-order chi connectivity index (χ0) is 18.8. The van der Waals surface area contributed by atoms with Crippen LogP contribution < -0.4 is 10.1 Å². The van der Waals surface area contributed by atoms with Crippen LogP contribution in [0.1, 0.15) is 30.4 Å². The Morgan fingerprint density at radius 1 is 1.04 bits per heavy atom.